The van der Waals surface area contributed by atoms with E-state index < -0.39 is 16.4 Å². The molecular formula is C14H10Cl2N2O4. The van der Waals surface area contributed by atoms with Gasteiger partial charge in [-0.3, -0.25) is 15.1 Å². The summed E-state index contributed by atoms with van der Waals surface area (Å²) in [6.07, 6.45) is 1.25. The summed E-state index contributed by atoms with van der Waals surface area (Å²) in [6, 6.07) is 7.27. The normalized spacial score (nSPS) is 10.9. The van der Waals surface area contributed by atoms with E-state index >= 15 is 0 Å². The Balaban J connectivity index is 2.47. The van der Waals surface area contributed by atoms with Crippen molar-refractivity contribution in [2.75, 3.05) is 7.11 Å². The number of hydrogen-bond donors (Lipinski definition) is 1. The third kappa shape index (κ3) is 3.47. The molecule has 22 heavy (non-hydrogen) atoms. The number of methoxy groups -OCH3 is 1. The van der Waals surface area contributed by atoms with Gasteiger partial charge in [0.2, 0.25) is 5.75 Å². The maximum Gasteiger partial charge on any atom is 0.312 e. The first kappa shape index (κ1) is 16.1. The molecule has 0 heterocycles. The molecule has 0 aliphatic rings. The SMILES string of the molecule is COc1ccc(Cl)cc1N=Cc1cc(Cl)cc([N+](=O)[O-])c1O. The van der Waals surface area contributed by atoms with Crippen LogP contribution in [0, 0.1) is 10.1 Å². The van der Waals surface area contributed by atoms with Gasteiger partial charge in [-0.1, -0.05) is 23.2 Å². The quantitative estimate of drug-likeness (QED) is 0.508. The van der Waals surface area contributed by atoms with E-state index in [1.807, 2.05) is 0 Å². The molecule has 8 heteroatoms. The second-order valence-electron chi connectivity index (χ2n) is 4.19. The summed E-state index contributed by atoms with van der Waals surface area (Å²) in [4.78, 5) is 14.3. The van der Waals surface area contributed by atoms with Gasteiger partial charge in [-0.15, -0.1) is 0 Å². The lowest BCUT2D eigenvalue weighted by Crippen LogP contribution is -1.92. The molecule has 2 aromatic rings. The highest BCUT2D eigenvalue weighted by Crippen LogP contribution is 2.34. The van der Waals surface area contributed by atoms with Crippen molar-refractivity contribution in [2.24, 2.45) is 4.99 Å². The van der Waals surface area contributed by atoms with Crippen molar-refractivity contribution in [1.29, 1.82) is 0 Å². The smallest absolute Gasteiger partial charge is 0.312 e. The van der Waals surface area contributed by atoms with Gasteiger partial charge in [0.25, 0.3) is 0 Å². The van der Waals surface area contributed by atoms with Gasteiger partial charge < -0.3 is 9.84 Å². The molecule has 0 bridgehead atoms. The minimum atomic E-state index is -0.724. The van der Waals surface area contributed by atoms with Crippen LogP contribution in [0.4, 0.5) is 11.4 Å². The van der Waals surface area contributed by atoms with Crippen LogP contribution in [0.25, 0.3) is 0 Å². The molecule has 6 nitrogen and oxygen atoms in total. The number of nitro groups is 1. The predicted octanol–water partition coefficient (Wildman–Crippen LogP) is 4.37. The maximum atomic E-state index is 10.9. The average molecular weight is 341 g/mol. The fraction of sp³-hybridized carbons (Fsp3) is 0.0714. The Hall–Kier alpha value is -2.31. The molecule has 114 valence electrons. The summed E-state index contributed by atoms with van der Waals surface area (Å²) in [7, 11) is 1.48. The fourth-order valence-corrected chi connectivity index (χ4v) is 2.13. The largest absolute Gasteiger partial charge is 0.502 e. The van der Waals surface area contributed by atoms with Gasteiger partial charge in [0.05, 0.1) is 12.0 Å². The highest BCUT2D eigenvalue weighted by atomic mass is 35.5. The number of ether oxygens (including phenoxy) is 1. The van der Waals surface area contributed by atoms with Crippen LogP contribution in [0.15, 0.2) is 35.3 Å². The van der Waals surface area contributed by atoms with Crippen LogP contribution in [0.3, 0.4) is 0 Å². The molecule has 2 rings (SSSR count). The minimum absolute atomic E-state index is 0.112. The Morgan fingerprint density at radius 3 is 2.64 bits per heavy atom. The predicted molar refractivity (Wildman–Crippen MR) is 85.0 cm³/mol. The molecule has 0 atom stereocenters. The van der Waals surface area contributed by atoms with Crippen molar-refractivity contribution in [3.63, 3.8) is 0 Å². The summed E-state index contributed by atoms with van der Waals surface area (Å²) in [5.41, 5.74) is 0.0327. The van der Waals surface area contributed by atoms with Crippen molar-refractivity contribution >= 4 is 40.8 Å². The van der Waals surface area contributed by atoms with Crippen LogP contribution < -0.4 is 4.74 Å². The first-order valence-corrected chi connectivity index (χ1v) is 6.72. The highest BCUT2D eigenvalue weighted by Gasteiger charge is 2.17. The van der Waals surface area contributed by atoms with Gasteiger partial charge in [-0.25, -0.2) is 0 Å². The topological polar surface area (TPSA) is 85.0 Å². The van der Waals surface area contributed by atoms with Crippen molar-refractivity contribution < 1.29 is 14.8 Å². The summed E-state index contributed by atoms with van der Waals surface area (Å²) in [5, 5.41) is 21.3. The molecule has 2 aromatic carbocycles. The molecule has 0 aliphatic carbocycles. The van der Waals surface area contributed by atoms with Crippen LogP contribution in [0.2, 0.25) is 10.0 Å². The molecule has 0 aromatic heterocycles. The zero-order valence-electron chi connectivity index (χ0n) is 11.3. The number of halogens is 2. The highest BCUT2D eigenvalue weighted by molar-refractivity contribution is 6.31. The molecule has 0 aliphatic heterocycles. The monoisotopic (exact) mass is 340 g/mol. The molecule has 0 fully saturated rings. The molecule has 1 N–H and O–H groups in total. The molecular weight excluding hydrogens is 331 g/mol. The molecule has 0 radical (unpaired) electrons. The summed E-state index contributed by atoms with van der Waals surface area (Å²) >= 11 is 11.7. The van der Waals surface area contributed by atoms with Gasteiger partial charge in [-0.05, 0) is 24.3 Å². The van der Waals surface area contributed by atoms with E-state index in [1.54, 1.807) is 18.2 Å². The molecule has 0 saturated carbocycles. The number of rotatable bonds is 4. The zero-order chi connectivity index (χ0) is 16.3. The molecule has 0 unspecified atom stereocenters. The van der Waals surface area contributed by atoms with E-state index in [1.165, 1.54) is 19.4 Å². The Labute approximate surface area is 135 Å². The number of nitrogens with zero attached hydrogens (tertiary/aromatic N) is 2. The first-order chi connectivity index (χ1) is 10.4. The second kappa shape index (κ2) is 6.64. The lowest BCUT2D eigenvalue weighted by molar-refractivity contribution is -0.385. The summed E-state index contributed by atoms with van der Waals surface area (Å²) in [6.45, 7) is 0. The number of aromatic hydroxyl groups is 1. The van der Waals surface area contributed by atoms with E-state index in [4.69, 9.17) is 27.9 Å². The van der Waals surface area contributed by atoms with Crippen molar-refractivity contribution in [2.45, 2.75) is 0 Å². The Bertz CT molecular complexity index is 763. The third-order valence-electron chi connectivity index (χ3n) is 2.76. The van der Waals surface area contributed by atoms with E-state index in [-0.39, 0.29) is 10.6 Å². The van der Waals surface area contributed by atoms with Gasteiger partial charge in [-0.2, -0.15) is 0 Å². The Kier molecular flexibility index (Phi) is 4.85. The van der Waals surface area contributed by atoms with E-state index in [0.29, 0.717) is 16.5 Å². The average Bonchev–Trinajstić information content (AvgIpc) is 2.47. The number of benzene rings is 2. The Morgan fingerprint density at radius 2 is 2.00 bits per heavy atom. The molecule has 0 saturated heterocycles. The van der Waals surface area contributed by atoms with Crippen LogP contribution in [-0.4, -0.2) is 23.4 Å². The van der Waals surface area contributed by atoms with E-state index in [0.717, 1.165) is 6.07 Å². The molecule has 0 spiro atoms. The molecule has 0 amide bonds. The third-order valence-corrected chi connectivity index (χ3v) is 3.22. The van der Waals surface area contributed by atoms with E-state index in [2.05, 4.69) is 4.99 Å². The van der Waals surface area contributed by atoms with Gasteiger partial charge in [0, 0.05) is 27.9 Å². The second-order valence-corrected chi connectivity index (χ2v) is 5.07. The standard InChI is InChI=1S/C14H10Cl2N2O4/c1-22-13-3-2-9(15)5-11(13)17-7-8-4-10(16)6-12(14(8)19)18(20)21/h2-7,19H,1H3. The maximum absolute atomic E-state index is 10.9. The van der Waals surface area contributed by atoms with Crippen molar-refractivity contribution in [3.8, 4) is 11.5 Å². The van der Waals surface area contributed by atoms with Crippen LogP contribution in [0.5, 0.6) is 11.5 Å². The number of phenolic OH excluding ortho intramolecular Hbond substituents is 1. The van der Waals surface area contributed by atoms with Crippen LogP contribution >= 0.6 is 23.2 Å². The summed E-state index contributed by atoms with van der Waals surface area (Å²) in [5.74, 6) is -0.0455. The number of nitro benzene ring substituents is 1. The first-order valence-electron chi connectivity index (χ1n) is 5.97. The van der Waals surface area contributed by atoms with Crippen molar-refractivity contribution in [1.82, 2.24) is 0 Å². The lowest BCUT2D eigenvalue weighted by Gasteiger charge is -2.05. The minimum Gasteiger partial charge on any atom is -0.502 e. The number of phenols is 1. The Morgan fingerprint density at radius 1 is 1.27 bits per heavy atom. The van der Waals surface area contributed by atoms with Gasteiger partial charge in [0.1, 0.15) is 11.4 Å². The number of aliphatic imine (C=N–C) groups is 1. The fourth-order valence-electron chi connectivity index (χ4n) is 1.75. The number of hydrogen-bond acceptors (Lipinski definition) is 5. The summed E-state index contributed by atoms with van der Waals surface area (Å²) < 4.78 is 5.14. The van der Waals surface area contributed by atoms with Crippen LogP contribution in [-0.2, 0) is 0 Å². The van der Waals surface area contributed by atoms with Gasteiger partial charge >= 0.3 is 5.69 Å². The lowest BCUT2D eigenvalue weighted by atomic mass is 10.2. The van der Waals surface area contributed by atoms with Gasteiger partial charge in [0.15, 0.2) is 0 Å². The van der Waals surface area contributed by atoms with Crippen LogP contribution in [0.1, 0.15) is 5.56 Å². The zero-order valence-corrected chi connectivity index (χ0v) is 12.8. The van der Waals surface area contributed by atoms with Crippen molar-refractivity contribution in [3.05, 3.63) is 56.1 Å². The van der Waals surface area contributed by atoms with E-state index in [9.17, 15) is 15.2 Å².